The van der Waals surface area contributed by atoms with Gasteiger partial charge in [-0.05, 0) is 94.0 Å². The highest BCUT2D eigenvalue weighted by Crippen LogP contribution is 2.49. The van der Waals surface area contributed by atoms with E-state index >= 15 is 0 Å². The third-order valence-electron chi connectivity index (χ3n) is 10.6. The molecule has 0 radical (unpaired) electrons. The van der Waals surface area contributed by atoms with E-state index in [0.717, 1.165) is 0 Å². The summed E-state index contributed by atoms with van der Waals surface area (Å²) in [6.07, 6.45) is 0. The topological polar surface area (TPSA) is 9.86 Å². The monoisotopic (exact) mass is 634 g/mol. The second-order valence-electron chi connectivity index (χ2n) is 13.3. The van der Waals surface area contributed by atoms with Gasteiger partial charge in [0.25, 0.3) is 0 Å². The normalized spacial score (nSPS) is 12.0. The minimum atomic E-state index is 1.17. The van der Waals surface area contributed by atoms with Crippen LogP contribution >= 0.6 is 0 Å². The van der Waals surface area contributed by atoms with E-state index in [1.54, 1.807) is 0 Å². The molecular weight excluding hydrogens is 605 g/mol. The maximum atomic E-state index is 2.50. The molecule has 1 aliphatic heterocycles. The number of benzene rings is 8. The van der Waals surface area contributed by atoms with Crippen LogP contribution in [0.4, 0.5) is 0 Å². The SMILES string of the molecule is c1ccc(-c2ccc3c(c2)-c2ccccc2-c2cc(-c4ccc5c(c4)c4ccccc4n5-c4ccccc4)cc4c5ccccc5n-3c24)cc1. The number of nitrogens with zero attached hydrogens (tertiary/aromatic N) is 2. The van der Waals surface area contributed by atoms with Crippen LogP contribution in [0, 0.1) is 0 Å². The van der Waals surface area contributed by atoms with Crippen LogP contribution in [0.1, 0.15) is 0 Å². The standard InChI is InChI=1S/C48H30N2/c1-3-13-31(14-4-1)32-23-26-47-40(27-32)36-17-7-8-18-37(36)42-29-34(30-43-39-20-10-12-22-45(39)50(47)48(42)43)33-24-25-46-41(28-33)38-19-9-11-21-44(38)49(46)35-15-5-2-6-16-35/h1-30H. The molecule has 3 heterocycles. The van der Waals surface area contributed by atoms with Crippen LogP contribution in [-0.2, 0) is 0 Å². The van der Waals surface area contributed by atoms with Gasteiger partial charge in [0.05, 0.1) is 27.8 Å². The maximum Gasteiger partial charge on any atom is 0.0620 e. The van der Waals surface area contributed by atoms with Gasteiger partial charge in [-0.2, -0.15) is 0 Å². The van der Waals surface area contributed by atoms with Gasteiger partial charge in [-0.1, -0.05) is 121 Å². The summed E-state index contributed by atoms with van der Waals surface area (Å²) in [4.78, 5) is 0. The molecule has 2 aromatic heterocycles. The number of hydrogen-bond acceptors (Lipinski definition) is 0. The first-order valence-corrected chi connectivity index (χ1v) is 17.3. The van der Waals surface area contributed by atoms with Crippen molar-refractivity contribution in [1.29, 1.82) is 0 Å². The molecular formula is C48H30N2. The van der Waals surface area contributed by atoms with Crippen molar-refractivity contribution in [2.75, 3.05) is 0 Å². The van der Waals surface area contributed by atoms with E-state index in [9.17, 15) is 0 Å². The summed E-state index contributed by atoms with van der Waals surface area (Å²) in [5, 5.41) is 5.06. The van der Waals surface area contributed by atoms with Gasteiger partial charge in [-0.3, -0.25) is 0 Å². The number of fused-ring (bicyclic) bond motifs is 11. The van der Waals surface area contributed by atoms with Gasteiger partial charge in [0, 0.05) is 38.4 Å². The van der Waals surface area contributed by atoms with Gasteiger partial charge in [0.2, 0.25) is 0 Å². The largest absolute Gasteiger partial charge is 0.309 e. The van der Waals surface area contributed by atoms with Gasteiger partial charge in [-0.25, -0.2) is 0 Å². The predicted molar refractivity (Wildman–Crippen MR) is 210 cm³/mol. The molecule has 10 aromatic rings. The molecule has 0 N–H and O–H groups in total. The first kappa shape index (κ1) is 27.3. The van der Waals surface area contributed by atoms with Crippen LogP contribution in [0.3, 0.4) is 0 Å². The Morgan fingerprint density at radius 1 is 0.280 bits per heavy atom. The molecule has 11 rings (SSSR count). The molecule has 0 saturated carbocycles. The van der Waals surface area contributed by atoms with Gasteiger partial charge in [0.1, 0.15) is 0 Å². The number of rotatable bonds is 3. The molecule has 0 amide bonds. The van der Waals surface area contributed by atoms with E-state index in [1.165, 1.54) is 99.5 Å². The first-order valence-electron chi connectivity index (χ1n) is 17.3. The fourth-order valence-corrected chi connectivity index (χ4v) is 8.44. The smallest absolute Gasteiger partial charge is 0.0620 e. The molecule has 0 aliphatic carbocycles. The summed E-state index contributed by atoms with van der Waals surface area (Å²) < 4.78 is 4.89. The summed E-state index contributed by atoms with van der Waals surface area (Å²) in [5.41, 5.74) is 17.2. The Balaban J connectivity index is 1.20. The lowest BCUT2D eigenvalue weighted by Crippen LogP contribution is -1.96. The van der Waals surface area contributed by atoms with Crippen molar-refractivity contribution in [3.05, 3.63) is 182 Å². The summed E-state index contributed by atoms with van der Waals surface area (Å²) in [6, 6.07) is 66.8. The molecule has 50 heavy (non-hydrogen) atoms. The summed E-state index contributed by atoms with van der Waals surface area (Å²) in [5.74, 6) is 0. The molecule has 0 fully saturated rings. The minimum Gasteiger partial charge on any atom is -0.309 e. The van der Waals surface area contributed by atoms with Crippen molar-refractivity contribution in [3.8, 4) is 55.9 Å². The number of para-hydroxylation sites is 3. The Kier molecular flexibility index (Phi) is 5.70. The molecule has 2 nitrogen and oxygen atoms in total. The molecule has 2 heteroatoms. The average molecular weight is 635 g/mol. The van der Waals surface area contributed by atoms with E-state index in [2.05, 4.69) is 191 Å². The van der Waals surface area contributed by atoms with E-state index in [1.807, 2.05) is 0 Å². The molecule has 0 bridgehead atoms. The number of hydrogen-bond donors (Lipinski definition) is 0. The van der Waals surface area contributed by atoms with E-state index in [4.69, 9.17) is 0 Å². The second kappa shape index (κ2) is 10.4. The van der Waals surface area contributed by atoms with Crippen LogP contribution in [0.2, 0.25) is 0 Å². The van der Waals surface area contributed by atoms with Gasteiger partial charge >= 0.3 is 0 Å². The van der Waals surface area contributed by atoms with Crippen LogP contribution in [0.15, 0.2) is 182 Å². The molecule has 0 spiro atoms. The highest BCUT2D eigenvalue weighted by molar-refractivity contribution is 6.18. The molecule has 0 unspecified atom stereocenters. The van der Waals surface area contributed by atoms with Crippen LogP contribution < -0.4 is 0 Å². The fourth-order valence-electron chi connectivity index (χ4n) is 8.44. The van der Waals surface area contributed by atoms with E-state index in [-0.39, 0.29) is 0 Å². The predicted octanol–water partition coefficient (Wildman–Crippen LogP) is 12.9. The summed E-state index contributed by atoms with van der Waals surface area (Å²) in [6.45, 7) is 0. The average Bonchev–Trinajstić information content (AvgIpc) is 3.66. The zero-order valence-corrected chi connectivity index (χ0v) is 27.2. The highest BCUT2D eigenvalue weighted by Gasteiger charge is 2.26. The highest BCUT2D eigenvalue weighted by atomic mass is 15.0. The van der Waals surface area contributed by atoms with Crippen molar-refractivity contribution >= 4 is 43.6 Å². The number of aromatic nitrogens is 2. The zero-order valence-electron chi connectivity index (χ0n) is 27.2. The molecule has 232 valence electrons. The zero-order chi connectivity index (χ0) is 32.8. The lowest BCUT2D eigenvalue weighted by molar-refractivity contribution is 1.18. The molecule has 8 aromatic carbocycles. The first-order chi connectivity index (χ1) is 24.8. The van der Waals surface area contributed by atoms with E-state index in [0.29, 0.717) is 0 Å². The van der Waals surface area contributed by atoms with Crippen LogP contribution in [-0.4, -0.2) is 9.13 Å². The molecule has 1 aliphatic rings. The van der Waals surface area contributed by atoms with Crippen LogP contribution in [0.5, 0.6) is 0 Å². The fraction of sp³-hybridized carbons (Fsp3) is 0. The van der Waals surface area contributed by atoms with Crippen molar-refractivity contribution < 1.29 is 0 Å². The second-order valence-corrected chi connectivity index (χ2v) is 13.3. The summed E-state index contributed by atoms with van der Waals surface area (Å²) >= 11 is 0. The summed E-state index contributed by atoms with van der Waals surface area (Å²) in [7, 11) is 0. The minimum absolute atomic E-state index is 1.17. The Labute approximate surface area is 289 Å². The van der Waals surface area contributed by atoms with Crippen molar-refractivity contribution in [2.45, 2.75) is 0 Å². The van der Waals surface area contributed by atoms with Crippen molar-refractivity contribution in [2.24, 2.45) is 0 Å². The van der Waals surface area contributed by atoms with Crippen molar-refractivity contribution in [3.63, 3.8) is 0 Å². The third kappa shape index (κ3) is 3.85. The van der Waals surface area contributed by atoms with Crippen LogP contribution in [0.25, 0.3) is 99.5 Å². The lowest BCUT2D eigenvalue weighted by Gasteiger charge is -2.14. The van der Waals surface area contributed by atoms with E-state index < -0.39 is 0 Å². The van der Waals surface area contributed by atoms with Gasteiger partial charge in [-0.15, -0.1) is 0 Å². The van der Waals surface area contributed by atoms with Gasteiger partial charge in [0.15, 0.2) is 0 Å². The Hall–Kier alpha value is -6.64. The molecule has 0 atom stereocenters. The lowest BCUT2D eigenvalue weighted by atomic mass is 9.90. The maximum absolute atomic E-state index is 2.50. The quantitative estimate of drug-likeness (QED) is 0.183. The molecule has 0 saturated heterocycles. The van der Waals surface area contributed by atoms with Gasteiger partial charge < -0.3 is 9.13 Å². The Bertz CT molecular complexity index is 2960. The Morgan fingerprint density at radius 3 is 1.60 bits per heavy atom. The Morgan fingerprint density at radius 2 is 0.820 bits per heavy atom. The third-order valence-corrected chi connectivity index (χ3v) is 10.6. The van der Waals surface area contributed by atoms with Crippen molar-refractivity contribution in [1.82, 2.24) is 9.13 Å².